The Balaban J connectivity index is 2.93. The van der Waals surface area contributed by atoms with E-state index in [1.165, 1.54) is 83.5 Å². The lowest BCUT2D eigenvalue weighted by atomic mass is 10.0. The van der Waals surface area contributed by atoms with Gasteiger partial charge in [0.2, 0.25) is 0 Å². The fraction of sp³-hybridized carbons (Fsp3) is 1.00. The van der Waals surface area contributed by atoms with Crippen LogP contribution in [0.5, 0.6) is 0 Å². The maximum atomic E-state index is 5.57. The average Bonchev–Trinajstić information content (AvgIpc) is 2.60. The van der Waals surface area contributed by atoms with Gasteiger partial charge in [-0.05, 0) is 13.3 Å². The van der Waals surface area contributed by atoms with E-state index in [9.17, 15) is 0 Å². The van der Waals surface area contributed by atoms with Gasteiger partial charge in [-0.2, -0.15) is 0 Å². The number of hydrogen-bond donors (Lipinski definition) is 0. The summed E-state index contributed by atoms with van der Waals surface area (Å²) >= 11 is 0. The summed E-state index contributed by atoms with van der Waals surface area (Å²) in [6, 6.07) is 0. The van der Waals surface area contributed by atoms with Crippen molar-refractivity contribution in [3.05, 3.63) is 0 Å². The third kappa shape index (κ3) is 21.9. The largest absolute Gasteiger partial charge is 0.379 e. The van der Waals surface area contributed by atoms with Crippen molar-refractivity contribution < 1.29 is 14.2 Å². The molecule has 0 heterocycles. The van der Waals surface area contributed by atoms with Crippen molar-refractivity contribution in [2.24, 2.45) is 0 Å². The zero-order valence-electron chi connectivity index (χ0n) is 16.7. The molecule has 0 amide bonds. The minimum absolute atomic E-state index is 0.677. The summed E-state index contributed by atoms with van der Waals surface area (Å²) in [6.07, 6.45) is 18.1. The van der Waals surface area contributed by atoms with Crippen LogP contribution in [-0.2, 0) is 14.2 Å². The first-order valence-electron chi connectivity index (χ1n) is 10.6. The van der Waals surface area contributed by atoms with E-state index in [0.29, 0.717) is 26.4 Å². The van der Waals surface area contributed by atoms with E-state index >= 15 is 0 Å². The van der Waals surface area contributed by atoms with Crippen LogP contribution in [0, 0.1) is 0 Å². The summed E-state index contributed by atoms with van der Waals surface area (Å²) in [5.74, 6) is 0. The maximum absolute atomic E-state index is 5.57. The first kappa shape index (κ1) is 23.9. The highest BCUT2D eigenvalue weighted by atomic mass is 16.5. The second-order valence-corrected chi connectivity index (χ2v) is 6.66. The van der Waals surface area contributed by atoms with E-state index < -0.39 is 0 Å². The molecule has 0 aliphatic rings. The molecule has 0 aliphatic heterocycles. The van der Waals surface area contributed by atoms with Crippen molar-refractivity contribution in [2.45, 2.75) is 97.3 Å². The molecule has 0 N–H and O–H groups in total. The van der Waals surface area contributed by atoms with Gasteiger partial charge in [-0.25, -0.2) is 0 Å². The van der Waals surface area contributed by atoms with Gasteiger partial charge in [0.15, 0.2) is 0 Å². The third-order valence-electron chi connectivity index (χ3n) is 4.34. The normalized spacial score (nSPS) is 11.2. The molecule has 0 rings (SSSR count). The minimum atomic E-state index is 0.677. The van der Waals surface area contributed by atoms with Gasteiger partial charge in [0, 0.05) is 13.2 Å². The van der Waals surface area contributed by atoms with Crippen molar-refractivity contribution in [2.75, 3.05) is 39.6 Å². The van der Waals surface area contributed by atoms with E-state index in [1.807, 2.05) is 6.92 Å². The molecule has 0 bridgehead atoms. The van der Waals surface area contributed by atoms with E-state index in [-0.39, 0.29) is 0 Å². The monoisotopic (exact) mass is 344 g/mol. The first-order valence-corrected chi connectivity index (χ1v) is 10.6. The molecule has 0 spiro atoms. The van der Waals surface area contributed by atoms with Gasteiger partial charge in [0.05, 0.1) is 26.4 Å². The number of rotatable bonds is 21. The lowest BCUT2D eigenvalue weighted by Gasteiger charge is -2.06. The summed E-state index contributed by atoms with van der Waals surface area (Å²) in [6.45, 7) is 8.69. The Labute approximate surface area is 151 Å². The lowest BCUT2D eigenvalue weighted by Crippen LogP contribution is -2.09. The van der Waals surface area contributed by atoms with Crippen LogP contribution in [0.2, 0.25) is 0 Å². The van der Waals surface area contributed by atoms with E-state index in [0.717, 1.165) is 13.2 Å². The maximum Gasteiger partial charge on any atom is 0.0701 e. The Morgan fingerprint density at radius 2 is 0.750 bits per heavy atom. The molecule has 0 saturated carbocycles. The van der Waals surface area contributed by atoms with Crippen LogP contribution in [0.3, 0.4) is 0 Å². The topological polar surface area (TPSA) is 27.7 Å². The Morgan fingerprint density at radius 1 is 0.375 bits per heavy atom. The van der Waals surface area contributed by atoms with Gasteiger partial charge >= 0.3 is 0 Å². The summed E-state index contributed by atoms with van der Waals surface area (Å²) in [7, 11) is 0. The highest BCUT2D eigenvalue weighted by Crippen LogP contribution is 2.12. The number of ether oxygens (including phenoxy) is 3. The summed E-state index contributed by atoms with van der Waals surface area (Å²) in [4.78, 5) is 0. The van der Waals surface area contributed by atoms with E-state index in [4.69, 9.17) is 14.2 Å². The Hall–Kier alpha value is -0.120. The molecule has 0 unspecified atom stereocenters. The van der Waals surface area contributed by atoms with Crippen LogP contribution >= 0.6 is 0 Å². The van der Waals surface area contributed by atoms with Gasteiger partial charge in [-0.3, -0.25) is 0 Å². The quantitative estimate of drug-likeness (QED) is 0.234. The van der Waals surface area contributed by atoms with E-state index in [2.05, 4.69) is 6.92 Å². The molecule has 0 aromatic rings. The highest BCUT2D eigenvalue weighted by Gasteiger charge is 1.95. The molecule has 0 radical (unpaired) electrons. The number of unbranched alkanes of at least 4 members (excludes halogenated alkanes) is 12. The lowest BCUT2D eigenvalue weighted by molar-refractivity contribution is 0.0162. The van der Waals surface area contributed by atoms with Gasteiger partial charge in [0.1, 0.15) is 0 Å². The Morgan fingerprint density at radius 3 is 1.21 bits per heavy atom. The SMILES string of the molecule is CCCCCCCCCCCCCCCOCCOCCOCC. The smallest absolute Gasteiger partial charge is 0.0701 e. The Kier molecular flexibility index (Phi) is 22.8. The summed E-state index contributed by atoms with van der Waals surface area (Å²) < 4.78 is 16.2. The summed E-state index contributed by atoms with van der Waals surface area (Å²) in [5, 5.41) is 0. The van der Waals surface area contributed by atoms with Crippen molar-refractivity contribution in [1.82, 2.24) is 0 Å². The van der Waals surface area contributed by atoms with Gasteiger partial charge in [-0.1, -0.05) is 84.0 Å². The van der Waals surface area contributed by atoms with Crippen LogP contribution in [0.25, 0.3) is 0 Å². The van der Waals surface area contributed by atoms with Crippen LogP contribution < -0.4 is 0 Å². The minimum Gasteiger partial charge on any atom is -0.379 e. The molecule has 0 aliphatic carbocycles. The number of hydrogen-bond acceptors (Lipinski definition) is 3. The van der Waals surface area contributed by atoms with Crippen molar-refractivity contribution in [3.63, 3.8) is 0 Å². The molecule has 3 nitrogen and oxygen atoms in total. The van der Waals surface area contributed by atoms with Crippen molar-refractivity contribution >= 4 is 0 Å². The van der Waals surface area contributed by atoms with Crippen LogP contribution in [-0.4, -0.2) is 39.6 Å². The first-order chi connectivity index (χ1) is 11.9. The molecule has 0 atom stereocenters. The molecule has 0 aromatic heterocycles. The molecule has 146 valence electrons. The van der Waals surface area contributed by atoms with Crippen LogP contribution in [0.4, 0.5) is 0 Å². The van der Waals surface area contributed by atoms with Crippen molar-refractivity contribution in [1.29, 1.82) is 0 Å². The van der Waals surface area contributed by atoms with Crippen LogP contribution in [0.1, 0.15) is 97.3 Å². The predicted octanol–water partition coefficient (Wildman–Crippen LogP) is 6.15. The average molecular weight is 345 g/mol. The Bertz CT molecular complexity index is 187. The van der Waals surface area contributed by atoms with E-state index in [1.54, 1.807) is 0 Å². The molecule has 24 heavy (non-hydrogen) atoms. The fourth-order valence-corrected chi connectivity index (χ4v) is 2.81. The predicted molar refractivity (Wildman–Crippen MR) is 104 cm³/mol. The van der Waals surface area contributed by atoms with Gasteiger partial charge in [-0.15, -0.1) is 0 Å². The molecule has 0 aromatic carbocycles. The molecular weight excluding hydrogens is 300 g/mol. The molecule has 0 fully saturated rings. The third-order valence-corrected chi connectivity index (χ3v) is 4.34. The second kappa shape index (κ2) is 22.9. The highest BCUT2D eigenvalue weighted by molar-refractivity contribution is 4.49. The molecular formula is C21H44O3. The van der Waals surface area contributed by atoms with Gasteiger partial charge < -0.3 is 14.2 Å². The van der Waals surface area contributed by atoms with Crippen LogP contribution in [0.15, 0.2) is 0 Å². The zero-order valence-corrected chi connectivity index (χ0v) is 16.7. The zero-order chi connectivity index (χ0) is 17.6. The fourth-order valence-electron chi connectivity index (χ4n) is 2.81. The standard InChI is InChI=1S/C21H44O3/c1-3-5-6-7-8-9-10-11-12-13-14-15-16-17-23-20-21-24-19-18-22-4-2/h3-21H2,1-2H3. The second-order valence-electron chi connectivity index (χ2n) is 6.66. The van der Waals surface area contributed by atoms with Gasteiger partial charge in [0.25, 0.3) is 0 Å². The van der Waals surface area contributed by atoms with Crippen molar-refractivity contribution in [3.8, 4) is 0 Å². The molecule has 3 heteroatoms. The molecule has 0 saturated heterocycles. The summed E-state index contributed by atoms with van der Waals surface area (Å²) in [5.41, 5.74) is 0.